The lowest BCUT2D eigenvalue weighted by Crippen LogP contribution is -2.28. The summed E-state index contributed by atoms with van der Waals surface area (Å²) in [5.41, 5.74) is 12.8. The van der Waals surface area contributed by atoms with Gasteiger partial charge in [-0.1, -0.05) is 66.2 Å². The molecular weight excluding hydrogens is 489 g/mol. The molecule has 6 rings (SSSR count). The van der Waals surface area contributed by atoms with Crippen molar-refractivity contribution < 1.29 is 4.39 Å². The van der Waals surface area contributed by atoms with Crippen LogP contribution < -0.4 is 5.73 Å². The molecule has 0 unspecified atom stereocenters. The fourth-order valence-corrected chi connectivity index (χ4v) is 5.08. The summed E-state index contributed by atoms with van der Waals surface area (Å²) in [6.07, 6.45) is 8.79. The summed E-state index contributed by atoms with van der Waals surface area (Å²) in [6, 6.07) is 22.0. The highest BCUT2D eigenvalue weighted by Crippen LogP contribution is 2.33. The summed E-state index contributed by atoms with van der Waals surface area (Å²) in [7, 11) is 0. The van der Waals surface area contributed by atoms with Gasteiger partial charge >= 0.3 is 0 Å². The minimum atomic E-state index is -0.586. The number of halogens is 1. The van der Waals surface area contributed by atoms with E-state index in [-0.39, 0.29) is 0 Å². The standard InChI is InChI=1S/C31H30FN7/c32-31-27(15-25(17-35-31)24-11-9-23(10-12-24)19-38-13-5-2-6-14-38)26-16-29(34-18-28(26)33)30-21-39(37-36-30)20-22-7-3-1-4-8-22/h1,3-4,7-12,15-18,21H,2,5-6,13-14,19-20,33H2. The second-order valence-corrected chi connectivity index (χ2v) is 10.0. The molecular formula is C31H30FN7. The second-order valence-electron chi connectivity index (χ2n) is 10.0. The molecule has 0 spiro atoms. The molecule has 2 N–H and O–H groups in total. The average Bonchev–Trinajstić information content (AvgIpc) is 3.44. The monoisotopic (exact) mass is 519 g/mol. The molecule has 1 fully saturated rings. The van der Waals surface area contributed by atoms with Crippen LogP contribution in [0, 0.1) is 5.95 Å². The summed E-state index contributed by atoms with van der Waals surface area (Å²) >= 11 is 0. The van der Waals surface area contributed by atoms with Crippen LogP contribution in [0.4, 0.5) is 10.1 Å². The Balaban J connectivity index is 1.25. The van der Waals surface area contributed by atoms with E-state index in [0.29, 0.717) is 34.7 Å². The zero-order valence-electron chi connectivity index (χ0n) is 21.7. The van der Waals surface area contributed by atoms with E-state index in [1.54, 1.807) is 23.0 Å². The zero-order chi connectivity index (χ0) is 26.6. The van der Waals surface area contributed by atoms with Crippen molar-refractivity contribution in [3.8, 4) is 33.6 Å². The lowest BCUT2D eigenvalue weighted by Gasteiger charge is -2.26. The van der Waals surface area contributed by atoms with Gasteiger partial charge in [0, 0.05) is 29.4 Å². The van der Waals surface area contributed by atoms with Gasteiger partial charge in [0.1, 0.15) is 5.69 Å². The number of likely N-dealkylation sites (tertiary alicyclic amines) is 1. The van der Waals surface area contributed by atoms with Crippen LogP contribution in [-0.4, -0.2) is 43.0 Å². The number of piperidine rings is 1. The number of hydrogen-bond donors (Lipinski definition) is 1. The van der Waals surface area contributed by atoms with Crippen molar-refractivity contribution in [3.05, 3.63) is 102 Å². The highest BCUT2D eigenvalue weighted by molar-refractivity contribution is 5.81. The van der Waals surface area contributed by atoms with Crippen molar-refractivity contribution in [2.24, 2.45) is 0 Å². The number of pyridine rings is 2. The Bertz CT molecular complexity index is 1560. The molecule has 4 heterocycles. The Morgan fingerprint density at radius 1 is 0.744 bits per heavy atom. The van der Waals surface area contributed by atoms with E-state index in [9.17, 15) is 0 Å². The van der Waals surface area contributed by atoms with E-state index >= 15 is 4.39 Å². The molecule has 39 heavy (non-hydrogen) atoms. The van der Waals surface area contributed by atoms with Crippen LogP contribution in [0.25, 0.3) is 33.6 Å². The minimum absolute atomic E-state index is 0.322. The zero-order valence-corrected chi connectivity index (χ0v) is 21.7. The number of hydrogen-bond acceptors (Lipinski definition) is 6. The summed E-state index contributed by atoms with van der Waals surface area (Å²) in [5, 5.41) is 8.52. The third kappa shape index (κ3) is 5.71. The number of nitrogens with two attached hydrogens (primary N) is 1. The number of benzene rings is 2. The fourth-order valence-electron chi connectivity index (χ4n) is 5.08. The molecule has 0 bridgehead atoms. The molecule has 7 nitrogen and oxygen atoms in total. The van der Waals surface area contributed by atoms with Crippen LogP contribution in [0.5, 0.6) is 0 Å². The largest absolute Gasteiger partial charge is 0.397 e. The molecule has 0 atom stereocenters. The van der Waals surface area contributed by atoms with E-state index in [0.717, 1.165) is 36.3 Å². The molecule has 0 radical (unpaired) electrons. The van der Waals surface area contributed by atoms with E-state index in [1.165, 1.54) is 31.0 Å². The Morgan fingerprint density at radius 3 is 2.31 bits per heavy atom. The number of nitrogen functional groups attached to an aromatic ring is 1. The van der Waals surface area contributed by atoms with Gasteiger partial charge in [-0.25, -0.2) is 9.67 Å². The molecule has 2 aromatic carbocycles. The van der Waals surface area contributed by atoms with Crippen LogP contribution in [0.1, 0.15) is 30.4 Å². The summed E-state index contributed by atoms with van der Waals surface area (Å²) < 4.78 is 16.8. The summed E-state index contributed by atoms with van der Waals surface area (Å²) in [6.45, 7) is 3.86. The summed E-state index contributed by atoms with van der Waals surface area (Å²) in [4.78, 5) is 11.0. The predicted molar refractivity (Wildman–Crippen MR) is 151 cm³/mol. The fraction of sp³-hybridized carbons (Fsp3) is 0.226. The first-order chi connectivity index (χ1) is 19.1. The van der Waals surface area contributed by atoms with Gasteiger partial charge in [-0.3, -0.25) is 9.88 Å². The maximum atomic E-state index is 15.0. The van der Waals surface area contributed by atoms with Gasteiger partial charge in [0.25, 0.3) is 0 Å². The highest BCUT2D eigenvalue weighted by Gasteiger charge is 2.16. The van der Waals surface area contributed by atoms with Gasteiger partial charge in [0.2, 0.25) is 5.95 Å². The smallest absolute Gasteiger partial charge is 0.220 e. The number of rotatable bonds is 7. The van der Waals surface area contributed by atoms with Crippen LogP contribution >= 0.6 is 0 Å². The Hall–Kier alpha value is -4.43. The maximum Gasteiger partial charge on any atom is 0.220 e. The normalized spacial score (nSPS) is 14.0. The average molecular weight is 520 g/mol. The van der Waals surface area contributed by atoms with Crippen molar-refractivity contribution >= 4 is 5.69 Å². The molecule has 5 aromatic rings. The number of anilines is 1. The predicted octanol–water partition coefficient (Wildman–Crippen LogP) is 5.82. The van der Waals surface area contributed by atoms with Crippen LogP contribution in [0.3, 0.4) is 0 Å². The van der Waals surface area contributed by atoms with Crippen molar-refractivity contribution in [2.75, 3.05) is 18.8 Å². The molecule has 196 valence electrons. The molecule has 1 saturated heterocycles. The van der Waals surface area contributed by atoms with Gasteiger partial charge in [-0.2, -0.15) is 4.39 Å². The molecule has 0 saturated carbocycles. The quantitative estimate of drug-likeness (QED) is 0.273. The third-order valence-electron chi connectivity index (χ3n) is 7.19. The molecule has 3 aromatic heterocycles. The third-order valence-corrected chi connectivity index (χ3v) is 7.19. The Kier molecular flexibility index (Phi) is 7.10. The SMILES string of the molecule is Nc1cnc(-c2cn(Cc3ccccc3)nn2)cc1-c1cc(-c2ccc(CN3CCCCC3)cc2)cnc1F. The van der Waals surface area contributed by atoms with Gasteiger partial charge in [-0.15, -0.1) is 5.10 Å². The van der Waals surface area contributed by atoms with E-state index in [4.69, 9.17) is 5.73 Å². The maximum absolute atomic E-state index is 15.0. The van der Waals surface area contributed by atoms with Crippen molar-refractivity contribution in [1.82, 2.24) is 29.9 Å². The van der Waals surface area contributed by atoms with E-state index in [1.807, 2.05) is 36.5 Å². The van der Waals surface area contributed by atoms with Crippen LogP contribution in [-0.2, 0) is 13.1 Å². The lowest BCUT2D eigenvalue weighted by atomic mass is 9.99. The van der Waals surface area contributed by atoms with Crippen LogP contribution in [0.2, 0.25) is 0 Å². The molecule has 1 aliphatic rings. The molecule has 0 aliphatic carbocycles. The minimum Gasteiger partial charge on any atom is -0.397 e. The topological polar surface area (TPSA) is 85.8 Å². The number of aromatic nitrogens is 5. The van der Waals surface area contributed by atoms with Crippen molar-refractivity contribution in [2.45, 2.75) is 32.4 Å². The van der Waals surface area contributed by atoms with Crippen LogP contribution in [0.15, 0.2) is 85.3 Å². The van der Waals surface area contributed by atoms with Gasteiger partial charge in [-0.05, 0) is 54.8 Å². The molecule has 1 aliphatic heterocycles. The highest BCUT2D eigenvalue weighted by atomic mass is 19.1. The van der Waals surface area contributed by atoms with Gasteiger partial charge in [0.05, 0.1) is 30.3 Å². The first kappa shape index (κ1) is 24.9. The van der Waals surface area contributed by atoms with E-state index < -0.39 is 5.95 Å². The van der Waals surface area contributed by atoms with E-state index in [2.05, 4.69) is 49.4 Å². The number of nitrogens with zero attached hydrogens (tertiary/aromatic N) is 6. The lowest BCUT2D eigenvalue weighted by molar-refractivity contribution is 0.221. The summed E-state index contributed by atoms with van der Waals surface area (Å²) in [5.74, 6) is -0.586. The first-order valence-corrected chi connectivity index (χ1v) is 13.3. The second kappa shape index (κ2) is 11.1. The van der Waals surface area contributed by atoms with Gasteiger partial charge in [0.15, 0.2) is 0 Å². The Morgan fingerprint density at radius 2 is 1.51 bits per heavy atom. The van der Waals surface area contributed by atoms with Gasteiger partial charge < -0.3 is 5.73 Å². The first-order valence-electron chi connectivity index (χ1n) is 13.3. The van der Waals surface area contributed by atoms with Crippen molar-refractivity contribution in [1.29, 1.82) is 0 Å². The molecule has 0 amide bonds. The van der Waals surface area contributed by atoms with Crippen molar-refractivity contribution in [3.63, 3.8) is 0 Å². The Labute approximate surface area is 227 Å². The molecule has 8 heteroatoms.